The van der Waals surface area contributed by atoms with Gasteiger partial charge in [0.2, 0.25) is 0 Å². The fourth-order valence-electron chi connectivity index (χ4n) is 0.829. The molecule has 0 aliphatic heterocycles. The number of hydrogen-bond donors (Lipinski definition) is 1. The van der Waals surface area contributed by atoms with Crippen LogP contribution in [0.4, 0.5) is 13.2 Å². The van der Waals surface area contributed by atoms with E-state index >= 15 is 0 Å². The summed E-state index contributed by atoms with van der Waals surface area (Å²) in [6, 6.07) is -0.225. The van der Waals surface area contributed by atoms with Crippen molar-refractivity contribution in [3.05, 3.63) is 0 Å². The Morgan fingerprint density at radius 1 is 1.50 bits per heavy atom. The predicted molar refractivity (Wildman–Crippen MR) is 41.6 cm³/mol. The normalized spacial score (nSPS) is 13.9. The Morgan fingerprint density at radius 3 is 2.42 bits per heavy atom. The topological polar surface area (TPSA) is 12.0 Å². The Balaban J connectivity index is 3.67. The summed E-state index contributed by atoms with van der Waals surface area (Å²) in [5, 5.41) is 2.73. The molecule has 0 spiro atoms. The van der Waals surface area contributed by atoms with Crippen molar-refractivity contribution in [2.45, 2.75) is 31.5 Å². The minimum absolute atomic E-state index is 0.0458. The molecular weight excluding hydrogens is 167 g/mol. The second-order valence-corrected chi connectivity index (χ2v) is 2.55. The number of hydrogen-bond acceptors (Lipinski definition) is 1. The van der Waals surface area contributed by atoms with Crippen LogP contribution in [-0.2, 0) is 0 Å². The van der Waals surface area contributed by atoms with E-state index in [1.54, 1.807) is 7.05 Å². The Bertz CT molecular complexity index is 157. The van der Waals surface area contributed by atoms with E-state index in [0.29, 0.717) is 6.42 Å². The van der Waals surface area contributed by atoms with E-state index < -0.39 is 12.6 Å². The molecule has 0 fully saturated rings. The summed E-state index contributed by atoms with van der Waals surface area (Å²) < 4.78 is 35.1. The fourth-order valence-corrected chi connectivity index (χ4v) is 0.829. The largest absolute Gasteiger partial charge is 0.389 e. The summed E-state index contributed by atoms with van der Waals surface area (Å²) in [5.74, 6) is 2.33. The van der Waals surface area contributed by atoms with Crippen molar-refractivity contribution in [3.8, 4) is 12.3 Å². The Morgan fingerprint density at radius 2 is 2.08 bits per heavy atom. The average molecular weight is 179 g/mol. The number of terminal acetylenes is 1. The van der Waals surface area contributed by atoms with Gasteiger partial charge in [-0.2, -0.15) is 13.2 Å². The van der Waals surface area contributed by atoms with Crippen molar-refractivity contribution in [2.75, 3.05) is 7.05 Å². The number of halogens is 3. The lowest BCUT2D eigenvalue weighted by atomic mass is 10.1. The second-order valence-electron chi connectivity index (χ2n) is 2.55. The maximum absolute atomic E-state index is 11.7. The van der Waals surface area contributed by atoms with E-state index in [1.807, 2.05) is 0 Å². The zero-order chi connectivity index (χ0) is 9.61. The van der Waals surface area contributed by atoms with Crippen LogP contribution in [0.15, 0.2) is 0 Å². The van der Waals surface area contributed by atoms with Crippen LogP contribution in [0.5, 0.6) is 0 Å². The monoisotopic (exact) mass is 179 g/mol. The lowest BCUT2D eigenvalue weighted by Crippen LogP contribution is -2.26. The Labute approximate surface area is 70.3 Å². The minimum atomic E-state index is -4.08. The van der Waals surface area contributed by atoms with E-state index in [4.69, 9.17) is 6.42 Å². The zero-order valence-corrected chi connectivity index (χ0v) is 6.91. The Hall–Kier alpha value is -0.690. The van der Waals surface area contributed by atoms with Crippen LogP contribution in [0, 0.1) is 12.3 Å². The maximum Gasteiger partial charge on any atom is 0.389 e. The first-order valence-corrected chi connectivity index (χ1v) is 3.67. The molecule has 0 aromatic heterocycles. The SMILES string of the molecule is C#CCC(CCC(F)(F)F)NC. The van der Waals surface area contributed by atoms with Crippen molar-refractivity contribution < 1.29 is 13.2 Å². The third-order valence-corrected chi connectivity index (χ3v) is 1.55. The maximum atomic E-state index is 11.7. The van der Waals surface area contributed by atoms with E-state index in [2.05, 4.69) is 11.2 Å². The van der Waals surface area contributed by atoms with Crippen LogP contribution in [0.25, 0.3) is 0 Å². The van der Waals surface area contributed by atoms with Gasteiger partial charge in [0.05, 0.1) is 0 Å². The first-order valence-electron chi connectivity index (χ1n) is 3.67. The standard InChI is InChI=1S/C8H12F3N/c1-3-4-7(12-2)5-6-8(9,10)11/h1,7,12H,4-6H2,2H3. The van der Waals surface area contributed by atoms with Gasteiger partial charge < -0.3 is 5.32 Å². The van der Waals surface area contributed by atoms with E-state index in [1.165, 1.54) is 0 Å². The molecule has 1 atom stereocenters. The molecule has 1 N–H and O–H groups in total. The third kappa shape index (κ3) is 6.05. The van der Waals surface area contributed by atoms with Gasteiger partial charge in [0.15, 0.2) is 0 Å². The molecule has 0 aliphatic carbocycles. The number of nitrogens with one attached hydrogen (secondary N) is 1. The molecule has 0 aromatic rings. The van der Waals surface area contributed by atoms with Crippen LogP contribution in [0.3, 0.4) is 0 Å². The van der Waals surface area contributed by atoms with Crippen molar-refractivity contribution in [2.24, 2.45) is 0 Å². The van der Waals surface area contributed by atoms with E-state index in [-0.39, 0.29) is 12.5 Å². The zero-order valence-electron chi connectivity index (χ0n) is 6.91. The highest BCUT2D eigenvalue weighted by molar-refractivity contribution is 4.89. The van der Waals surface area contributed by atoms with Crippen LogP contribution >= 0.6 is 0 Å². The fraction of sp³-hybridized carbons (Fsp3) is 0.750. The summed E-state index contributed by atoms with van der Waals surface area (Å²) >= 11 is 0. The van der Waals surface area contributed by atoms with Gasteiger partial charge in [0.1, 0.15) is 0 Å². The van der Waals surface area contributed by atoms with Gasteiger partial charge in [-0.3, -0.25) is 0 Å². The van der Waals surface area contributed by atoms with E-state index in [9.17, 15) is 13.2 Å². The molecule has 0 amide bonds. The van der Waals surface area contributed by atoms with Crippen LogP contribution in [0.1, 0.15) is 19.3 Å². The van der Waals surface area contributed by atoms with Crippen molar-refractivity contribution in [3.63, 3.8) is 0 Å². The molecule has 0 radical (unpaired) electrons. The quantitative estimate of drug-likeness (QED) is 0.650. The predicted octanol–water partition coefficient (Wildman–Crippen LogP) is 1.94. The molecule has 0 aliphatic rings. The highest BCUT2D eigenvalue weighted by Gasteiger charge is 2.27. The third-order valence-electron chi connectivity index (χ3n) is 1.55. The van der Waals surface area contributed by atoms with Gasteiger partial charge in [-0.15, -0.1) is 12.3 Å². The highest BCUT2D eigenvalue weighted by Crippen LogP contribution is 2.22. The van der Waals surface area contributed by atoms with Crippen molar-refractivity contribution >= 4 is 0 Å². The van der Waals surface area contributed by atoms with Gasteiger partial charge in [-0.05, 0) is 13.5 Å². The summed E-state index contributed by atoms with van der Waals surface area (Å²) in [7, 11) is 1.61. The summed E-state index contributed by atoms with van der Waals surface area (Å²) in [6.07, 6.45) is 0.502. The van der Waals surface area contributed by atoms with Crippen molar-refractivity contribution in [1.29, 1.82) is 0 Å². The molecular formula is C8H12F3N. The molecule has 0 rings (SSSR count). The molecule has 12 heavy (non-hydrogen) atoms. The molecule has 0 heterocycles. The van der Waals surface area contributed by atoms with Gasteiger partial charge in [-0.25, -0.2) is 0 Å². The van der Waals surface area contributed by atoms with E-state index in [0.717, 1.165) is 0 Å². The van der Waals surface area contributed by atoms with Gasteiger partial charge in [-0.1, -0.05) is 0 Å². The van der Waals surface area contributed by atoms with Gasteiger partial charge in [0.25, 0.3) is 0 Å². The molecule has 70 valence electrons. The van der Waals surface area contributed by atoms with Crippen LogP contribution < -0.4 is 5.32 Å². The van der Waals surface area contributed by atoms with Gasteiger partial charge >= 0.3 is 6.18 Å². The summed E-state index contributed by atoms with van der Waals surface area (Å²) in [4.78, 5) is 0. The lowest BCUT2D eigenvalue weighted by molar-refractivity contribution is -0.136. The van der Waals surface area contributed by atoms with Gasteiger partial charge in [0, 0.05) is 18.9 Å². The Kier molecular flexibility index (Phi) is 4.75. The highest BCUT2D eigenvalue weighted by atomic mass is 19.4. The number of rotatable bonds is 4. The molecule has 0 bridgehead atoms. The second kappa shape index (κ2) is 5.04. The summed E-state index contributed by atoms with van der Waals surface area (Å²) in [5.41, 5.74) is 0. The smallest absolute Gasteiger partial charge is 0.316 e. The van der Waals surface area contributed by atoms with Crippen LogP contribution in [-0.4, -0.2) is 19.3 Å². The first-order chi connectivity index (χ1) is 5.49. The van der Waals surface area contributed by atoms with Crippen molar-refractivity contribution in [1.82, 2.24) is 5.32 Å². The molecule has 0 saturated carbocycles. The lowest BCUT2D eigenvalue weighted by Gasteiger charge is -2.13. The summed E-state index contributed by atoms with van der Waals surface area (Å²) in [6.45, 7) is 0. The molecule has 4 heteroatoms. The molecule has 0 aromatic carbocycles. The molecule has 0 saturated heterocycles. The molecule has 1 nitrogen and oxygen atoms in total. The average Bonchev–Trinajstić information content (AvgIpc) is 1.96. The van der Waals surface area contributed by atoms with Crippen LogP contribution in [0.2, 0.25) is 0 Å². The number of alkyl halides is 3. The minimum Gasteiger partial charge on any atom is -0.316 e. The molecule has 1 unspecified atom stereocenters. The first kappa shape index (κ1) is 11.3.